The van der Waals surface area contributed by atoms with Gasteiger partial charge in [0.2, 0.25) is 5.89 Å². The highest BCUT2D eigenvalue weighted by Gasteiger charge is 2.20. The van der Waals surface area contributed by atoms with Gasteiger partial charge in [0, 0.05) is 0 Å². The van der Waals surface area contributed by atoms with Crippen molar-refractivity contribution >= 4 is 0 Å². The Hall–Kier alpha value is -2.40. The summed E-state index contributed by atoms with van der Waals surface area (Å²) in [5, 5.41) is 11.6. The van der Waals surface area contributed by atoms with Crippen LogP contribution in [0.25, 0.3) is 11.5 Å². The molecule has 1 aromatic carbocycles. The first-order valence-electron chi connectivity index (χ1n) is 6.52. The van der Waals surface area contributed by atoms with E-state index in [-0.39, 0.29) is 6.04 Å². The molecule has 0 saturated heterocycles. The predicted molar refractivity (Wildman–Crippen MR) is 74.0 cm³/mol. The molecule has 20 heavy (non-hydrogen) atoms. The lowest BCUT2D eigenvalue weighted by Gasteiger charge is -2.13. The summed E-state index contributed by atoms with van der Waals surface area (Å²) in [4.78, 5) is 0. The number of aromatic nitrogens is 2. The maximum Gasteiger partial charge on any atom is 0.251 e. The monoisotopic (exact) mass is 269 g/mol. The molecule has 0 aliphatic rings. The molecule has 0 amide bonds. The third kappa shape index (κ3) is 2.48. The molecule has 102 valence electrons. The van der Waals surface area contributed by atoms with Crippen molar-refractivity contribution in [2.75, 3.05) is 6.54 Å². The summed E-state index contributed by atoms with van der Waals surface area (Å²) >= 11 is 0. The Morgan fingerprint density at radius 3 is 2.70 bits per heavy atom. The van der Waals surface area contributed by atoms with E-state index in [0.717, 1.165) is 17.7 Å². The molecule has 0 spiro atoms. The zero-order valence-corrected chi connectivity index (χ0v) is 11.1. The summed E-state index contributed by atoms with van der Waals surface area (Å²) < 4.78 is 10.8. The van der Waals surface area contributed by atoms with Gasteiger partial charge in [0.1, 0.15) is 12.3 Å². The maximum atomic E-state index is 5.75. The Balaban J connectivity index is 1.92. The van der Waals surface area contributed by atoms with Gasteiger partial charge in [0.05, 0.1) is 11.8 Å². The third-order valence-electron chi connectivity index (χ3n) is 3.00. The van der Waals surface area contributed by atoms with Crippen LogP contribution >= 0.6 is 0 Å². The average Bonchev–Trinajstić information content (AvgIpc) is 3.16. The van der Waals surface area contributed by atoms with Crippen molar-refractivity contribution in [1.82, 2.24) is 15.5 Å². The van der Waals surface area contributed by atoms with Crippen molar-refractivity contribution in [3.05, 3.63) is 60.4 Å². The normalized spacial score (nSPS) is 12.4. The van der Waals surface area contributed by atoms with E-state index >= 15 is 0 Å². The molecule has 2 heterocycles. The molecule has 2 aromatic heterocycles. The Morgan fingerprint density at radius 1 is 1.15 bits per heavy atom. The van der Waals surface area contributed by atoms with Crippen molar-refractivity contribution in [2.45, 2.75) is 13.0 Å². The van der Waals surface area contributed by atoms with Gasteiger partial charge in [-0.1, -0.05) is 37.3 Å². The minimum absolute atomic E-state index is 0.102. The fourth-order valence-corrected chi connectivity index (χ4v) is 2.05. The van der Waals surface area contributed by atoms with Gasteiger partial charge in [-0.25, -0.2) is 0 Å². The van der Waals surface area contributed by atoms with Crippen molar-refractivity contribution in [3.63, 3.8) is 0 Å². The maximum absolute atomic E-state index is 5.75. The second-order valence-electron chi connectivity index (χ2n) is 4.36. The van der Waals surface area contributed by atoms with E-state index in [1.54, 1.807) is 18.6 Å². The summed E-state index contributed by atoms with van der Waals surface area (Å²) in [5.74, 6) is 1.02. The lowest BCUT2D eigenvalue weighted by molar-refractivity contribution is 0.444. The Labute approximate surface area is 116 Å². The second-order valence-corrected chi connectivity index (χ2v) is 4.36. The first-order valence-corrected chi connectivity index (χ1v) is 6.52. The van der Waals surface area contributed by atoms with E-state index < -0.39 is 0 Å². The van der Waals surface area contributed by atoms with Crippen LogP contribution in [0.15, 0.2) is 57.8 Å². The van der Waals surface area contributed by atoms with Crippen molar-refractivity contribution in [3.8, 4) is 11.5 Å². The molecular formula is C15H15N3O2. The SMILES string of the molecule is CCNC(c1ccccc1)c1nnc(-c2ccoc2)o1. The molecule has 0 aliphatic heterocycles. The number of hydrogen-bond acceptors (Lipinski definition) is 5. The molecule has 1 atom stereocenters. The van der Waals surface area contributed by atoms with Crippen molar-refractivity contribution in [1.29, 1.82) is 0 Å². The second kappa shape index (κ2) is 5.71. The first kappa shape index (κ1) is 12.6. The fourth-order valence-electron chi connectivity index (χ4n) is 2.05. The highest BCUT2D eigenvalue weighted by atomic mass is 16.4. The summed E-state index contributed by atoms with van der Waals surface area (Å²) in [6.07, 6.45) is 3.17. The Kier molecular flexibility index (Phi) is 3.60. The van der Waals surface area contributed by atoms with Crippen LogP contribution in [0.5, 0.6) is 0 Å². The largest absolute Gasteiger partial charge is 0.472 e. The van der Waals surface area contributed by atoms with Gasteiger partial charge in [-0.2, -0.15) is 0 Å². The van der Waals surface area contributed by atoms with Crippen LogP contribution in [0.4, 0.5) is 0 Å². The smallest absolute Gasteiger partial charge is 0.251 e. The van der Waals surface area contributed by atoms with Gasteiger partial charge in [0.25, 0.3) is 5.89 Å². The van der Waals surface area contributed by atoms with Gasteiger partial charge in [-0.15, -0.1) is 10.2 Å². The van der Waals surface area contributed by atoms with Gasteiger partial charge in [0.15, 0.2) is 0 Å². The number of rotatable bonds is 5. The van der Waals surface area contributed by atoms with Crippen LogP contribution in [-0.4, -0.2) is 16.7 Å². The van der Waals surface area contributed by atoms with Crippen LogP contribution in [0, 0.1) is 0 Å². The lowest BCUT2D eigenvalue weighted by Crippen LogP contribution is -2.22. The van der Waals surface area contributed by atoms with Crippen LogP contribution in [-0.2, 0) is 0 Å². The Morgan fingerprint density at radius 2 is 2.00 bits per heavy atom. The van der Waals surface area contributed by atoms with E-state index in [9.17, 15) is 0 Å². The first-order chi connectivity index (χ1) is 9.88. The van der Waals surface area contributed by atoms with Gasteiger partial charge >= 0.3 is 0 Å². The lowest BCUT2D eigenvalue weighted by atomic mass is 10.1. The highest BCUT2D eigenvalue weighted by Crippen LogP contribution is 2.24. The molecular weight excluding hydrogens is 254 g/mol. The molecule has 0 aliphatic carbocycles. The number of nitrogens with one attached hydrogen (secondary N) is 1. The quantitative estimate of drug-likeness (QED) is 0.771. The van der Waals surface area contributed by atoms with Gasteiger partial charge in [-0.3, -0.25) is 0 Å². The summed E-state index contributed by atoms with van der Waals surface area (Å²) in [7, 11) is 0. The number of furan rings is 1. The summed E-state index contributed by atoms with van der Waals surface area (Å²) in [5.41, 5.74) is 1.88. The molecule has 0 fully saturated rings. The highest BCUT2D eigenvalue weighted by molar-refractivity contribution is 5.49. The molecule has 0 bridgehead atoms. The van der Waals surface area contributed by atoms with E-state index in [2.05, 4.69) is 15.5 Å². The zero-order valence-electron chi connectivity index (χ0n) is 11.1. The molecule has 3 aromatic rings. The van der Waals surface area contributed by atoms with Crippen LogP contribution in [0.3, 0.4) is 0 Å². The summed E-state index contributed by atoms with van der Waals surface area (Å²) in [6.45, 7) is 2.85. The topological polar surface area (TPSA) is 64.1 Å². The molecule has 3 rings (SSSR count). The van der Waals surface area contributed by atoms with E-state index in [1.807, 2.05) is 37.3 Å². The molecule has 0 saturated carbocycles. The van der Waals surface area contributed by atoms with Crippen molar-refractivity contribution < 1.29 is 8.83 Å². The summed E-state index contributed by atoms with van der Waals surface area (Å²) in [6, 6.07) is 11.7. The van der Waals surface area contributed by atoms with Gasteiger partial charge < -0.3 is 14.2 Å². The fraction of sp³-hybridized carbons (Fsp3) is 0.200. The van der Waals surface area contributed by atoms with E-state index in [0.29, 0.717) is 11.8 Å². The van der Waals surface area contributed by atoms with Gasteiger partial charge in [-0.05, 0) is 18.2 Å². The van der Waals surface area contributed by atoms with E-state index in [4.69, 9.17) is 8.83 Å². The molecule has 5 heteroatoms. The zero-order chi connectivity index (χ0) is 13.8. The van der Waals surface area contributed by atoms with Crippen LogP contribution in [0.2, 0.25) is 0 Å². The van der Waals surface area contributed by atoms with Crippen LogP contribution in [0.1, 0.15) is 24.4 Å². The Bertz CT molecular complexity index is 647. The molecule has 0 radical (unpaired) electrons. The predicted octanol–water partition coefficient (Wildman–Crippen LogP) is 3.03. The third-order valence-corrected chi connectivity index (χ3v) is 3.00. The molecule has 1 N–H and O–H groups in total. The minimum atomic E-state index is -0.102. The van der Waals surface area contributed by atoms with Crippen LogP contribution < -0.4 is 5.32 Å². The van der Waals surface area contributed by atoms with Crippen molar-refractivity contribution in [2.24, 2.45) is 0 Å². The number of hydrogen-bond donors (Lipinski definition) is 1. The average molecular weight is 269 g/mol. The molecule has 1 unspecified atom stereocenters. The van der Waals surface area contributed by atoms with E-state index in [1.165, 1.54) is 0 Å². The number of nitrogens with zero attached hydrogens (tertiary/aromatic N) is 2. The minimum Gasteiger partial charge on any atom is -0.472 e. The standard InChI is InChI=1S/C15H15N3O2/c1-2-16-13(11-6-4-3-5-7-11)15-18-17-14(20-15)12-8-9-19-10-12/h3-10,13,16H,2H2,1H3. The molecule has 5 nitrogen and oxygen atoms in total. The number of benzene rings is 1.